The Labute approximate surface area is 210 Å². The Morgan fingerprint density at radius 3 is 2.53 bits per heavy atom. The number of para-hydroxylation sites is 1. The van der Waals surface area contributed by atoms with E-state index in [1.807, 2.05) is 25.1 Å². The summed E-state index contributed by atoms with van der Waals surface area (Å²) in [6.07, 6.45) is 4.73. The van der Waals surface area contributed by atoms with Crippen LogP contribution < -0.4 is 5.43 Å². The smallest absolute Gasteiger partial charge is 0.278 e. The number of hydrogen-bond acceptors (Lipinski definition) is 5. The summed E-state index contributed by atoms with van der Waals surface area (Å²) in [5.74, 6) is -0.852. The van der Waals surface area contributed by atoms with Gasteiger partial charge in [-0.1, -0.05) is 18.2 Å². The first-order valence-electron chi connectivity index (χ1n) is 11.0. The van der Waals surface area contributed by atoms with Crippen molar-refractivity contribution < 1.29 is 18.7 Å². The van der Waals surface area contributed by atoms with Gasteiger partial charge >= 0.3 is 0 Å². The molecule has 0 spiro atoms. The first-order chi connectivity index (χ1) is 17.2. The van der Waals surface area contributed by atoms with Crippen LogP contribution in [-0.4, -0.2) is 27.9 Å². The van der Waals surface area contributed by atoms with E-state index >= 15 is 0 Å². The standard InChI is InChI=1S/C27H22FN3O4S/c1-17-23(13-18-7-10-21(11-8-18)36(2)35)22-12-9-20(28)14-25(22)24(17)15-27(32)30-29-16-19-5-3-4-6-26(19)31(33)34/h3-14,16H,15H2,1-2H3,(H,30,32)/b23-13-,29-16?. The molecule has 7 nitrogen and oxygen atoms in total. The lowest BCUT2D eigenvalue weighted by molar-refractivity contribution is -0.385. The van der Waals surface area contributed by atoms with E-state index in [1.54, 1.807) is 36.6 Å². The molecule has 0 saturated heterocycles. The highest BCUT2D eigenvalue weighted by Crippen LogP contribution is 2.43. The number of nitrogens with one attached hydrogen (secondary N) is 1. The number of nitro benzene ring substituents is 1. The highest BCUT2D eigenvalue weighted by molar-refractivity contribution is 7.90. The molecule has 0 aromatic heterocycles. The Bertz CT molecular complexity index is 1430. The normalized spacial score (nSPS) is 14.8. The number of fused-ring (bicyclic) bond motifs is 1. The Balaban J connectivity index is 1.58. The van der Waals surface area contributed by atoms with E-state index in [0.717, 1.165) is 27.2 Å². The van der Waals surface area contributed by atoms with E-state index in [1.165, 1.54) is 30.5 Å². The Morgan fingerprint density at radius 2 is 1.83 bits per heavy atom. The van der Waals surface area contributed by atoms with Gasteiger partial charge in [0.2, 0.25) is 5.91 Å². The highest BCUT2D eigenvalue weighted by atomic mass is 32.2. The summed E-state index contributed by atoms with van der Waals surface area (Å²) >= 11 is -1.08. The van der Waals surface area contributed by atoms with E-state index < -0.39 is 27.8 Å². The molecule has 3 aromatic rings. The van der Waals surface area contributed by atoms with Crippen molar-refractivity contribution in [2.45, 2.75) is 18.2 Å². The second-order valence-electron chi connectivity index (χ2n) is 8.16. The third-order valence-corrected chi connectivity index (χ3v) is 6.78. The number of carbonyl (C=O) groups is 1. The van der Waals surface area contributed by atoms with Crippen LogP contribution in [0.15, 0.2) is 82.3 Å². The van der Waals surface area contributed by atoms with E-state index in [9.17, 15) is 23.9 Å². The van der Waals surface area contributed by atoms with Crippen LogP contribution in [0.4, 0.5) is 10.1 Å². The van der Waals surface area contributed by atoms with Gasteiger partial charge in [-0.2, -0.15) is 5.10 Å². The first kappa shape index (κ1) is 25.0. The molecule has 1 aliphatic rings. The van der Waals surface area contributed by atoms with Crippen LogP contribution in [0.25, 0.3) is 17.2 Å². The third-order valence-electron chi connectivity index (χ3n) is 5.84. The summed E-state index contributed by atoms with van der Waals surface area (Å²) < 4.78 is 25.8. The van der Waals surface area contributed by atoms with Crippen LogP contribution in [-0.2, 0) is 16.0 Å². The lowest BCUT2D eigenvalue weighted by Crippen LogP contribution is -2.17. The SMILES string of the molecule is CC1=C(CC(=O)NN=Cc2ccccc2[N+](=O)[O-])c2cc(F)ccc2/C1=C\c1ccc([S+](C)[O-])cc1. The first-order valence-corrected chi connectivity index (χ1v) is 12.5. The number of halogens is 1. The van der Waals surface area contributed by atoms with Crippen LogP contribution in [0.3, 0.4) is 0 Å². The van der Waals surface area contributed by atoms with Gasteiger partial charge in [0.25, 0.3) is 5.69 Å². The number of nitro groups is 1. The molecular formula is C27H22FN3O4S. The lowest BCUT2D eigenvalue weighted by Gasteiger charge is -2.06. The molecule has 1 unspecified atom stereocenters. The van der Waals surface area contributed by atoms with Gasteiger partial charge in [0.1, 0.15) is 12.1 Å². The summed E-state index contributed by atoms with van der Waals surface area (Å²) in [7, 11) is 0. The van der Waals surface area contributed by atoms with Crippen LogP contribution >= 0.6 is 0 Å². The predicted octanol–water partition coefficient (Wildman–Crippen LogP) is 5.34. The van der Waals surface area contributed by atoms with Gasteiger partial charge in [0.15, 0.2) is 4.90 Å². The maximum absolute atomic E-state index is 14.1. The topological polar surface area (TPSA) is 108 Å². The van der Waals surface area contributed by atoms with Crippen molar-refractivity contribution >= 4 is 46.2 Å². The zero-order valence-corrected chi connectivity index (χ0v) is 20.3. The largest absolute Gasteiger partial charge is 0.612 e. The van der Waals surface area contributed by atoms with Crippen molar-refractivity contribution in [3.8, 4) is 0 Å². The minimum Gasteiger partial charge on any atom is -0.612 e. The van der Waals surface area contributed by atoms with Crippen molar-refractivity contribution in [1.29, 1.82) is 0 Å². The molecule has 4 rings (SSSR count). The number of nitrogens with zero attached hydrogens (tertiary/aromatic N) is 2. The molecule has 3 aromatic carbocycles. The van der Waals surface area contributed by atoms with Gasteiger partial charge in [-0.15, -0.1) is 0 Å². The average Bonchev–Trinajstić information content (AvgIpc) is 3.09. The van der Waals surface area contributed by atoms with Crippen molar-refractivity contribution in [2.24, 2.45) is 5.10 Å². The highest BCUT2D eigenvalue weighted by Gasteiger charge is 2.26. The number of allylic oxidation sites excluding steroid dienone is 2. The van der Waals surface area contributed by atoms with E-state index in [2.05, 4.69) is 10.5 Å². The molecule has 0 heterocycles. The fraction of sp³-hybridized carbons (Fsp3) is 0.111. The van der Waals surface area contributed by atoms with Gasteiger partial charge in [-0.3, -0.25) is 14.9 Å². The molecule has 182 valence electrons. The van der Waals surface area contributed by atoms with Crippen LogP contribution in [0.1, 0.15) is 35.6 Å². The minimum absolute atomic E-state index is 0.0540. The number of benzene rings is 3. The van der Waals surface area contributed by atoms with Crippen molar-refractivity contribution in [3.63, 3.8) is 0 Å². The molecule has 0 radical (unpaired) electrons. The number of amides is 1. The van der Waals surface area contributed by atoms with E-state index in [-0.39, 0.29) is 17.7 Å². The summed E-state index contributed by atoms with van der Waals surface area (Å²) in [5, 5.41) is 15.0. The zero-order valence-electron chi connectivity index (χ0n) is 19.5. The maximum Gasteiger partial charge on any atom is 0.278 e. The average molecular weight is 504 g/mol. The number of rotatable bonds is 7. The Hall–Kier alpha value is -4.08. The Kier molecular flexibility index (Phi) is 7.42. The maximum atomic E-state index is 14.1. The van der Waals surface area contributed by atoms with Crippen molar-refractivity contribution in [3.05, 3.63) is 110 Å². The molecule has 1 atom stereocenters. The van der Waals surface area contributed by atoms with Gasteiger partial charge in [0.05, 0.1) is 23.1 Å². The Morgan fingerprint density at radius 1 is 1.11 bits per heavy atom. The third kappa shape index (κ3) is 5.42. The second-order valence-corrected chi connectivity index (χ2v) is 9.54. The molecule has 1 amide bonds. The van der Waals surface area contributed by atoms with Crippen molar-refractivity contribution in [1.82, 2.24) is 5.43 Å². The van der Waals surface area contributed by atoms with Crippen LogP contribution in [0.5, 0.6) is 0 Å². The fourth-order valence-corrected chi connectivity index (χ4v) is 4.56. The van der Waals surface area contributed by atoms with Gasteiger partial charge < -0.3 is 4.55 Å². The van der Waals surface area contributed by atoms with Gasteiger partial charge in [0, 0.05) is 6.07 Å². The summed E-state index contributed by atoms with van der Waals surface area (Å²) in [6.45, 7) is 1.87. The van der Waals surface area contributed by atoms with Crippen LogP contribution in [0, 0.1) is 15.9 Å². The molecule has 36 heavy (non-hydrogen) atoms. The molecule has 0 saturated carbocycles. The molecule has 0 bridgehead atoms. The number of hydrogen-bond donors (Lipinski definition) is 1. The monoisotopic (exact) mass is 503 g/mol. The summed E-state index contributed by atoms with van der Waals surface area (Å²) in [6, 6.07) is 17.9. The number of carbonyl (C=O) groups excluding carboxylic acids is 1. The molecule has 9 heteroatoms. The van der Waals surface area contributed by atoms with E-state index in [0.29, 0.717) is 11.1 Å². The van der Waals surface area contributed by atoms with Gasteiger partial charge in [-0.25, -0.2) is 9.82 Å². The molecule has 1 N–H and O–H groups in total. The second kappa shape index (κ2) is 10.7. The fourth-order valence-electron chi connectivity index (χ4n) is 4.04. The lowest BCUT2D eigenvalue weighted by atomic mass is 10.0. The van der Waals surface area contributed by atoms with Gasteiger partial charge in [-0.05, 0) is 100 Å². The van der Waals surface area contributed by atoms with Crippen molar-refractivity contribution in [2.75, 3.05) is 6.26 Å². The van der Waals surface area contributed by atoms with Crippen LogP contribution in [0.2, 0.25) is 0 Å². The zero-order chi connectivity index (χ0) is 25.8. The quantitative estimate of drug-likeness (QED) is 0.203. The minimum atomic E-state index is -1.08. The molecule has 0 aliphatic heterocycles. The number of hydrazone groups is 1. The molecular weight excluding hydrogens is 481 g/mol. The predicted molar refractivity (Wildman–Crippen MR) is 139 cm³/mol. The molecule has 1 aliphatic carbocycles. The van der Waals surface area contributed by atoms with E-state index in [4.69, 9.17) is 0 Å². The molecule has 0 fully saturated rings. The summed E-state index contributed by atoms with van der Waals surface area (Å²) in [5.41, 5.74) is 7.22. The summed E-state index contributed by atoms with van der Waals surface area (Å²) in [4.78, 5) is 24.0.